The Bertz CT molecular complexity index is 1470. The molecular formula is C27H22ClN5OS2. The number of imidazole rings is 1. The van der Waals surface area contributed by atoms with Crippen LogP contribution in [-0.2, 0) is 4.79 Å². The zero-order valence-electron chi connectivity index (χ0n) is 19.3. The van der Waals surface area contributed by atoms with E-state index in [1.165, 1.54) is 23.1 Å². The maximum absolute atomic E-state index is 12.8. The summed E-state index contributed by atoms with van der Waals surface area (Å²) in [6.07, 6.45) is 0. The SMILES string of the molecule is Cc1c(-c2ccccc2)nc(SCC(=O)Nc2nc(-c3ccc(Cl)cc3)cs2)n1Nc1ccccc1. The van der Waals surface area contributed by atoms with Crippen LogP contribution < -0.4 is 10.7 Å². The molecular weight excluding hydrogens is 510 g/mol. The summed E-state index contributed by atoms with van der Waals surface area (Å²) in [6, 6.07) is 27.4. The number of benzene rings is 3. The van der Waals surface area contributed by atoms with Crippen LogP contribution in [0.25, 0.3) is 22.5 Å². The second-order valence-electron chi connectivity index (χ2n) is 7.89. The Hall–Kier alpha value is -3.59. The number of hydrogen-bond donors (Lipinski definition) is 2. The van der Waals surface area contributed by atoms with Crippen LogP contribution in [0.5, 0.6) is 0 Å². The lowest BCUT2D eigenvalue weighted by Crippen LogP contribution is -2.16. The van der Waals surface area contributed by atoms with Crippen molar-refractivity contribution in [3.05, 3.63) is 101 Å². The number of nitrogens with zero attached hydrogens (tertiary/aromatic N) is 3. The minimum Gasteiger partial charge on any atom is -0.301 e. The Labute approximate surface area is 222 Å². The van der Waals surface area contributed by atoms with Gasteiger partial charge in [0.25, 0.3) is 0 Å². The second kappa shape index (κ2) is 11.0. The molecule has 0 radical (unpaired) electrons. The fourth-order valence-electron chi connectivity index (χ4n) is 3.59. The number of hydrogen-bond acceptors (Lipinski definition) is 6. The highest BCUT2D eigenvalue weighted by molar-refractivity contribution is 7.99. The van der Waals surface area contributed by atoms with E-state index in [9.17, 15) is 4.79 Å². The summed E-state index contributed by atoms with van der Waals surface area (Å²) >= 11 is 8.73. The van der Waals surface area contributed by atoms with E-state index in [0.29, 0.717) is 15.3 Å². The molecule has 1 amide bonds. The van der Waals surface area contributed by atoms with Crippen LogP contribution in [0.15, 0.2) is 95.5 Å². The Morgan fingerprint density at radius 1 is 0.944 bits per heavy atom. The molecule has 6 nitrogen and oxygen atoms in total. The summed E-state index contributed by atoms with van der Waals surface area (Å²) in [5.74, 6) is 0.0435. The molecule has 0 fully saturated rings. The van der Waals surface area contributed by atoms with Crippen molar-refractivity contribution >= 4 is 51.4 Å². The van der Waals surface area contributed by atoms with E-state index in [0.717, 1.165) is 33.9 Å². The summed E-state index contributed by atoms with van der Waals surface area (Å²) in [5, 5.41) is 6.74. The molecule has 0 atom stereocenters. The predicted molar refractivity (Wildman–Crippen MR) is 150 cm³/mol. The van der Waals surface area contributed by atoms with Crippen molar-refractivity contribution in [2.45, 2.75) is 12.1 Å². The number of aromatic nitrogens is 3. The molecule has 0 aliphatic heterocycles. The predicted octanol–water partition coefficient (Wildman–Crippen LogP) is 7.24. The highest BCUT2D eigenvalue weighted by Gasteiger charge is 2.18. The highest BCUT2D eigenvalue weighted by atomic mass is 35.5. The van der Waals surface area contributed by atoms with Gasteiger partial charge in [0.15, 0.2) is 10.3 Å². The third kappa shape index (κ3) is 5.62. The Morgan fingerprint density at radius 3 is 2.36 bits per heavy atom. The number of para-hydroxylation sites is 1. The van der Waals surface area contributed by atoms with Crippen molar-refractivity contribution in [3.63, 3.8) is 0 Å². The maximum Gasteiger partial charge on any atom is 0.236 e. The molecule has 3 aromatic carbocycles. The molecule has 2 N–H and O–H groups in total. The van der Waals surface area contributed by atoms with Crippen molar-refractivity contribution in [1.29, 1.82) is 0 Å². The Kier molecular flexibility index (Phi) is 7.36. The Morgan fingerprint density at radius 2 is 1.64 bits per heavy atom. The van der Waals surface area contributed by atoms with Gasteiger partial charge < -0.3 is 5.32 Å². The number of carbonyl (C=O) groups is 1. The van der Waals surface area contributed by atoms with E-state index in [1.54, 1.807) is 0 Å². The van der Waals surface area contributed by atoms with Crippen molar-refractivity contribution in [1.82, 2.24) is 14.6 Å². The molecule has 2 heterocycles. The van der Waals surface area contributed by atoms with E-state index in [4.69, 9.17) is 16.6 Å². The van der Waals surface area contributed by atoms with Gasteiger partial charge in [-0.25, -0.2) is 14.6 Å². The third-order valence-electron chi connectivity index (χ3n) is 5.36. The van der Waals surface area contributed by atoms with Crippen molar-refractivity contribution in [2.75, 3.05) is 16.5 Å². The molecule has 0 aliphatic carbocycles. The topological polar surface area (TPSA) is 71.8 Å². The highest BCUT2D eigenvalue weighted by Crippen LogP contribution is 2.30. The van der Waals surface area contributed by atoms with Crippen molar-refractivity contribution in [3.8, 4) is 22.5 Å². The lowest BCUT2D eigenvalue weighted by Gasteiger charge is -2.12. The van der Waals surface area contributed by atoms with Gasteiger partial charge in [0.1, 0.15) is 0 Å². The molecule has 0 bridgehead atoms. The molecule has 36 heavy (non-hydrogen) atoms. The number of carbonyl (C=O) groups excluding carboxylic acids is 1. The first kappa shape index (κ1) is 24.1. The molecule has 0 saturated heterocycles. The molecule has 2 aromatic heterocycles. The van der Waals surface area contributed by atoms with E-state index >= 15 is 0 Å². The monoisotopic (exact) mass is 531 g/mol. The lowest BCUT2D eigenvalue weighted by molar-refractivity contribution is -0.113. The van der Waals surface area contributed by atoms with Crippen LogP contribution >= 0.6 is 34.7 Å². The van der Waals surface area contributed by atoms with Gasteiger partial charge in [-0.15, -0.1) is 11.3 Å². The number of thioether (sulfide) groups is 1. The summed E-state index contributed by atoms with van der Waals surface area (Å²) < 4.78 is 1.93. The minimum atomic E-state index is -0.148. The van der Waals surface area contributed by atoms with Crippen LogP contribution in [0.3, 0.4) is 0 Å². The largest absolute Gasteiger partial charge is 0.301 e. The molecule has 180 valence electrons. The van der Waals surface area contributed by atoms with E-state index in [-0.39, 0.29) is 11.7 Å². The fraction of sp³-hybridized carbons (Fsp3) is 0.0741. The number of anilines is 2. The number of rotatable bonds is 8. The molecule has 0 spiro atoms. The minimum absolute atomic E-state index is 0.148. The van der Waals surface area contributed by atoms with Crippen LogP contribution in [0.1, 0.15) is 5.69 Å². The number of amides is 1. The molecule has 0 unspecified atom stereocenters. The molecule has 5 aromatic rings. The molecule has 5 rings (SSSR count). The van der Waals surface area contributed by atoms with Gasteiger partial charge in [-0.05, 0) is 31.2 Å². The van der Waals surface area contributed by atoms with Gasteiger partial charge >= 0.3 is 0 Å². The average molecular weight is 532 g/mol. The summed E-state index contributed by atoms with van der Waals surface area (Å²) in [4.78, 5) is 22.2. The van der Waals surface area contributed by atoms with E-state index < -0.39 is 0 Å². The molecule has 0 saturated carbocycles. The van der Waals surface area contributed by atoms with Crippen LogP contribution in [0.4, 0.5) is 10.8 Å². The van der Waals surface area contributed by atoms with E-state index in [1.807, 2.05) is 102 Å². The first-order valence-electron chi connectivity index (χ1n) is 11.2. The summed E-state index contributed by atoms with van der Waals surface area (Å²) in [5.41, 5.74) is 8.94. The van der Waals surface area contributed by atoms with Gasteiger partial charge in [-0.3, -0.25) is 10.2 Å². The Balaban J connectivity index is 1.31. The first-order chi connectivity index (χ1) is 17.6. The zero-order chi connectivity index (χ0) is 24.9. The zero-order valence-corrected chi connectivity index (χ0v) is 21.7. The lowest BCUT2D eigenvalue weighted by atomic mass is 10.1. The van der Waals surface area contributed by atoms with Gasteiger partial charge in [-0.1, -0.05) is 84.0 Å². The number of nitrogens with one attached hydrogen (secondary N) is 2. The summed E-state index contributed by atoms with van der Waals surface area (Å²) in [6.45, 7) is 2.02. The van der Waals surface area contributed by atoms with Crippen LogP contribution in [0.2, 0.25) is 5.02 Å². The van der Waals surface area contributed by atoms with Crippen LogP contribution in [-0.4, -0.2) is 26.3 Å². The van der Waals surface area contributed by atoms with Crippen molar-refractivity contribution in [2.24, 2.45) is 0 Å². The normalized spacial score (nSPS) is 10.8. The standard InChI is InChI=1S/C27H22ClN5OS2/c1-18-25(20-8-4-2-5-9-20)31-27(33(18)32-22-10-6-3-7-11-22)36-17-24(34)30-26-29-23(16-35-26)19-12-14-21(28)15-13-19/h2-16,32H,17H2,1H3,(H,29,30,34). The van der Waals surface area contributed by atoms with E-state index in [2.05, 4.69) is 15.7 Å². The quantitative estimate of drug-likeness (QED) is 0.206. The number of halogens is 1. The van der Waals surface area contributed by atoms with Crippen molar-refractivity contribution < 1.29 is 4.79 Å². The number of thiazole rings is 1. The smallest absolute Gasteiger partial charge is 0.236 e. The molecule has 0 aliphatic rings. The van der Waals surface area contributed by atoms with Crippen LogP contribution in [0, 0.1) is 6.92 Å². The summed E-state index contributed by atoms with van der Waals surface area (Å²) in [7, 11) is 0. The molecule has 9 heteroatoms. The van der Waals surface area contributed by atoms with Gasteiger partial charge in [0.2, 0.25) is 5.91 Å². The maximum atomic E-state index is 12.8. The first-order valence-corrected chi connectivity index (χ1v) is 13.4. The van der Waals surface area contributed by atoms with Gasteiger partial charge in [-0.2, -0.15) is 0 Å². The average Bonchev–Trinajstić information content (AvgIpc) is 3.49. The second-order valence-corrected chi connectivity index (χ2v) is 10.1. The van der Waals surface area contributed by atoms with Gasteiger partial charge in [0, 0.05) is 21.5 Å². The fourth-order valence-corrected chi connectivity index (χ4v) is 5.25. The van der Waals surface area contributed by atoms with Gasteiger partial charge in [0.05, 0.1) is 28.5 Å². The third-order valence-corrected chi connectivity index (χ3v) is 7.31.